The first kappa shape index (κ1) is 16.3. The fourth-order valence-corrected chi connectivity index (χ4v) is 1.74. The number of nitro groups is 1. The highest BCUT2D eigenvalue weighted by atomic mass is 16.6. The van der Waals surface area contributed by atoms with Gasteiger partial charge in [-0.2, -0.15) is 0 Å². The molecule has 23 heavy (non-hydrogen) atoms. The van der Waals surface area contributed by atoms with Crippen molar-refractivity contribution in [3.05, 3.63) is 63.9 Å². The molecule has 0 spiro atoms. The average molecular weight is 317 g/mol. The minimum absolute atomic E-state index is 0.0927. The number of esters is 1. The number of carbonyl (C=O) groups is 1. The number of carbonyl (C=O) groups excluding carboxylic acids is 1. The molecule has 0 saturated heterocycles. The summed E-state index contributed by atoms with van der Waals surface area (Å²) in [7, 11) is 0. The molecule has 1 aromatic carbocycles. The highest BCUT2D eigenvalue weighted by molar-refractivity contribution is 5.86. The van der Waals surface area contributed by atoms with Crippen molar-refractivity contribution in [3.63, 3.8) is 0 Å². The molecule has 0 saturated carbocycles. The predicted octanol–water partition coefficient (Wildman–Crippen LogP) is 3.13. The molecule has 0 unspecified atom stereocenters. The van der Waals surface area contributed by atoms with Gasteiger partial charge >= 0.3 is 11.9 Å². The second kappa shape index (κ2) is 7.79. The van der Waals surface area contributed by atoms with Gasteiger partial charge in [0.25, 0.3) is 0 Å². The third kappa shape index (κ3) is 5.31. The molecule has 0 radical (unpaired) electrons. The lowest BCUT2D eigenvalue weighted by Gasteiger charge is -2.06. The van der Waals surface area contributed by atoms with Crippen molar-refractivity contribution in [1.82, 2.24) is 0 Å². The van der Waals surface area contributed by atoms with Gasteiger partial charge in [-0.05, 0) is 36.8 Å². The van der Waals surface area contributed by atoms with Crippen molar-refractivity contribution in [1.29, 1.82) is 0 Å². The van der Waals surface area contributed by atoms with Gasteiger partial charge in [0, 0.05) is 6.08 Å². The van der Waals surface area contributed by atoms with E-state index in [1.165, 1.54) is 18.2 Å². The Kier molecular flexibility index (Phi) is 5.51. The Morgan fingerprint density at radius 3 is 2.83 bits per heavy atom. The number of hydrogen-bond donors (Lipinski definition) is 0. The van der Waals surface area contributed by atoms with Gasteiger partial charge in [0.05, 0.1) is 6.07 Å². The molecule has 0 amide bonds. The summed E-state index contributed by atoms with van der Waals surface area (Å²) >= 11 is 0. The lowest BCUT2D eigenvalue weighted by Crippen LogP contribution is -2.10. The van der Waals surface area contributed by atoms with E-state index in [-0.39, 0.29) is 24.9 Å². The van der Waals surface area contributed by atoms with Crippen molar-refractivity contribution in [2.75, 3.05) is 13.2 Å². The smallest absolute Gasteiger partial charge is 0.433 e. The summed E-state index contributed by atoms with van der Waals surface area (Å²) < 4.78 is 15.3. The van der Waals surface area contributed by atoms with Crippen LogP contribution in [0.15, 0.2) is 46.9 Å². The van der Waals surface area contributed by atoms with Crippen LogP contribution in [-0.4, -0.2) is 24.1 Å². The zero-order valence-corrected chi connectivity index (χ0v) is 12.4. The number of aryl methyl sites for hydroxylation is 1. The Hall–Kier alpha value is -3.09. The minimum atomic E-state index is -0.654. The number of furan rings is 1. The van der Waals surface area contributed by atoms with Crippen LogP contribution in [0.1, 0.15) is 11.3 Å². The Morgan fingerprint density at radius 1 is 1.30 bits per heavy atom. The van der Waals surface area contributed by atoms with E-state index in [1.54, 1.807) is 0 Å². The normalized spacial score (nSPS) is 10.7. The predicted molar refractivity (Wildman–Crippen MR) is 82.0 cm³/mol. The van der Waals surface area contributed by atoms with Crippen LogP contribution >= 0.6 is 0 Å². The molecule has 0 atom stereocenters. The summed E-state index contributed by atoms with van der Waals surface area (Å²) in [5, 5.41) is 10.4. The summed E-state index contributed by atoms with van der Waals surface area (Å²) in [6.45, 7) is 2.28. The summed E-state index contributed by atoms with van der Waals surface area (Å²) in [5.74, 6) is -0.0642. The number of benzene rings is 1. The molecule has 0 aliphatic rings. The molecule has 0 bridgehead atoms. The monoisotopic (exact) mass is 317 g/mol. The Bertz CT molecular complexity index is 719. The molecular formula is C16H15NO6. The highest BCUT2D eigenvalue weighted by Crippen LogP contribution is 2.16. The zero-order valence-electron chi connectivity index (χ0n) is 12.4. The summed E-state index contributed by atoms with van der Waals surface area (Å²) in [6, 6.07) is 10.1. The fourth-order valence-electron chi connectivity index (χ4n) is 1.74. The third-order valence-electron chi connectivity index (χ3n) is 2.76. The van der Waals surface area contributed by atoms with Gasteiger partial charge in [-0.25, -0.2) is 4.79 Å². The molecule has 0 aliphatic carbocycles. The first-order chi connectivity index (χ1) is 11.0. The molecule has 0 N–H and O–H groups in total. The van der Waals surface area contributed by atoms with Gasteiger partial charge < -0.3 is 13.9 Å². The van der Waals surface area contributed by atoms with Crippen molar-refractivity contribution in [2.45, 2.75) is 6.92 Å². The maximum absolute atomic E-state index is 11.5. The first-order valence-corrected chi connectivity index (χ1v) is 6.83. The number of ether oxygens (including phenoxy) is 2. The van der Waals surface area contributed by atoms with E-state index in [1.807, 2.05) is 31.2 Å². The Morgan fingerprint density at radius 2 is 2.13 bits per heavy atom. The van der Waals surface area contributed by atoms with E-state index in [9.17, 15) is 14.9 Å². The lowest BCUT2D eigenvalue weighted by atomic mass is 10.2. The van der Waals surface area contributed by atoms with Crippen LogP contribution in [0.3, 0.4) is 0 Å². The van der Waals surface area contributed by atoms with Crippen LogP contribution in [0.25, 0.3) is 6.08 Å². The number of nitrogens with zero attached hydrogens (tertiary/aromatic N) is 1. The van der Waals surface area contributed by atoms with Crippen LogP contribution < -0.4 is 4.74 Å². The number of rotatable bonds is 7. The summed E-state index contributed by atoms with van der Waals surface area (Å²) in [4.78, 5) is 21.3. The topological polar surface area (TPSA) is 91.8 Å². The molecule has 0 fully saturated rings. The molecule has 2 rings (SSSR count). The fraction of sp³-hybridized carbons (Fsp3) is 0.188. The maximum atomic E-state index is 11.5. The molecule has 7 nitrogen and oxygen atoms in total. The van der Waals surface area contributed by atoms with Gasteiger partial charge in [-0.15, -0.1) is 0 Å². The minimum Gasteiger partial charge on any atom is -0.490 e. The van der Waals surface area contributed by atoms with Gasteiger partial charge in [0.2, 0.25) is 0 Å². The van der Waals surface area contributed by atoms with Crippen LogP contribution in [0.5, 0.6) is 5.75 Å². The van der Waals surface area contributed by atoms with Gasteiger partial charge in [-0.1, -0.05) is 12.1 Å². The van der Waals surface area contributed by atoms with Gasteiger partial charge in [0.1, 0.15) is 29.6 Å². The Balaban J connectivity index is 1.72. The highest BCUT2D eigenvalue weighted by Gasteiger charge is 2.10. The third-order valence-corrected chi connectivity index (χ3v) is 2.76. The van der Waals surface area contributed by atoms with Crippen molar-refractivity contribution < 1.29 is 23.6 Å². The van der Waals surface area contributed by atoms with Crippen LogP contribution in [0.2, 0.25) is 0 Å². The van der Waals surface area contributed by atoms with Crippen molar-refractivity contribution in [3.8, 4) is 5.75 Å². The van der Waals surface area contributed by atoms with Crippen molar-refractivity contribution >= 4 is 17.9 Å². The van der Waals surface area contributed by atoms with Crippen molar-refractivity contribution in [2.24, 2.45) is 0 Å². The quantitative estimate of drug-likeness (QED) is 0.256. The summed E-state index contributed by atoms with van der Waals surface area (Å²) in [6.07, 6.45) is 2.44. The number of hydrogen-bond acceptors (Lipinski definition) is 6. The van der Waals surface area contributed by atoms with E-state index in [4.69, 9.17) is 13.9 Å². The van der Waals surface area contributed by atoms with E-state index < -0.39 is 10.9 Å². The first-order valence-electron chi connectivity index (χ1n) is 6.83. The average Bonchev–Trinajstić information content (AvgIpc) is 2.99. The largest absolute Gasteiger partial charge is 0.490 e. The second-order valence-electron chi connectivity index (χ2n) is 4.60. The van der Waals surface area contributed by atoms with Crippen LogP contribution in [0, 0.1) is 17.0 Å². The Labute approximate surface area is 132 Å². The molecule has 120 valence electrons. The summed E-state index contributed by atoms with van der Waals surface area (Å²) in [5.41, 5.74) is 1.08. The van der Waals surface area contributed by atoms with E-state index in [0.29, 0.717) is 5.75 Å². The SMILES string of the molecule is Cc1cccc(OCCOC(=O)/C=C/c2ccc([N+](=O)[O-])o2)c1. The molecule has 7 heteroatoms. The van der Waals surface area contributed by atoms with E-state index >= 15 is 0 Å². The molecule has 0 aliphatic heterocycles. The molecular weight excluding hydrogens is 302 g/mol. The van der Waals surface area contributed by atoms with E-state index in [2.05, 4.69) is 0 Å². The maximum Gasteiger partial charge on any atom is 0.433 e. The molecule has 2 aromatic rings. The standard InChI is InChI=1S/C16H15NO6/c1-12-3-2-4-14(11-12)21-9-10-22-16(18)8-6-13-5-7-15(23-13)17(19)20/h2-8,11H,9-10H2,1H3/b8-6+. The van der Waals surface area contributed by atoms with Crippen LogP contribution in [0.4, 0.5) is 5.88 Å². The molecule has 1 heterocycles. The van der Waals surface area contributed by atoms with E-state index in [0.717, 1.165) is 11.6 Å². The van der Waals surface area contributed by atoms with Gasteiger partial charge in [0.15, 0.2) is 0 Å². The second-order valence-corrected chi connectivity index (χ2v) is 4.60. The lowest BCUT2D eigenvalue weighted by molar-refractivity contribution is -0.402. The molecule has 1 aromatic heterocycles. The van der Waals surface area contributed by atoms with Gasteiger partial charge in [-0.3, -0.25) is 10.1 Å². The zero-order chi connectivity index (χ0) is 16.7. The van der Waals surface area contributed by atoms with Crippen LogP contribution in [-0.2, 0) is 9.53 Å².